The third-order valence-electron chi connectivity index (χ3n) is 14.0. The normalized spacial score (nSPS) is 24.3. The number of imide groups is 1. The lowest BCUT2D eigenvalue weighted by molar-refractivity contribution is -0.136. The molecule has 3 amide bonds. The first-order chi connectivity index (χ1) is 29.1. The van der Waals surface area contributed by atoms with Crippen molar-refractivity contribution in [2.45, 2.75) is 89.4 Å². The number of halogens is 1. The number of nitrogens with zero attached hydrogens (tertiary/aromatic N) is 9. The van der Waals surface area contributed by atoms with E-state index >= 15 is 4.39 Å². The Balaban J connectivity index is 0.680. The second kappa shape index (κ2) is 15.7. The van der Waals surface area contributed by atoms with Gasteiger partial charge < -0.3 is 24.3 Å². The topological polar surface area (TPSA) is 156 Å². The minimum atomic E-state index is -0.755. The maximum atomic E-state index is 16.0. The number of benzene rings is 1. The largest absolute Gasteiger partial charge is 0.471 e. The van der Waals surface area contributed by atoms with Crippen LogP contribution in [0.2, 0.25) is 0 Å². The number of hydrogen-bond donors (Lipinski definition) is 2. The summed E-state index contributed by atoms with van der Waals surface area (Å²) in [6, 6.07) is 7.18. The molecule has 16 heteroatoms. The minimum absolute atomic E-state index is 0.0464. The molecule has 8 heterocycles. The summed E-state index contributed by atoms with van der Waals surface area (Å²) >= 11 is 0. The number of pyridine rings is 1. The summed E-state index contributed by atoms with van der Waals surface area (Å²) < 4.78 is 22.1. The number of piperidine rings is 3. The number of fused-ring (bicyclic) bond motifs is 2. The Labute approximate surface area is 349 Å². The molecule has 1 saturated carbocycles. The van der Waals surface area contributed by atoms with Crippen molar-refractivity contribution >= 4 is 40.1 Å². The zero-order valence-corrected chi connectivity index (χ0v) is 34.5. The van der Waals surface area contributed by atoms with Crippen molar-refractivity contribution in [1.29, 1.82) is 0 Å². The molecule has 5 aliphatic heterocycles. The van der Waals surface area contributed by atoms with E-state index < -0.39 is 11.9 Å². The van der Waals surface area contributed by atoms with Gasteiger partial charge in [0.15, 0.2) is 5.82 Å². The number of aromatic amines is 1. The molecule has 0 radical (unpaired) electrons. The molecule has 60 heavy (non-hydrogen) atoms. The molecule has 316 valence electrons. The quantitative estimate of drug-likeness (QED) is 0.218. The Bertz CT molecular complexity index is 2300. The van der Waals surface area contributed by atoms with Gasteiger partial charge in [-0.1, -0.05) is 0 Å². The predicted molar refractivity (Wildman–Crippen MR) is 223 cm³/mol. The van der Waals surface area contributed by atoms with Crippen molar-refractivity contribution < 1.29 is 23.5 Å². The van der Waals surface area contributed by atoms with Gasteiger partial charge in [-0.05, 0) is 82.8 Å². The van der Waals surface area contributed by atoms with Gasteiger partial charge in [-0.2, -0.15) is 5.10 Å². The molecule has 5 fully saturated rings. The molecule has 6 aliphatic rings. The van der Waals surface area contributed by atoms with Crippen LogP contribution in [0.3, 0.4) is 0 Å². The summed E-state index contributed by atoms with van der Waals surface area (Å²) in [6.07, 6.45) is 10.2. The molecule has 4 saturated heterocycles. The fraction of sp³-hybridized carbons (Fsp3) is 0.568. The number of amides is 3. The maximum Gasteiger partial charge on any atom is 0.255 e. The van der Waals surface area contributed by atoms with Crippen LogP contribution in [0.5, 0.6) is 5.88 Å². The van der Waals surface area contributed by atoms with Crippen molar-refractivity contribution in [3.8, 4) is 17.3 Å². The highest BCUT2D eigenvalue weighted by atomic mass is 19.1. The standard InChI is InChI=1S/C44H54FN11O4/c1-27-22-52(23-28-7-13-53(14-8-28)35-4-3-30-32(40(35)45)25-56(43(30)59)36-5-6-38(57)49-42(36)58)17-18-55(27)24-29-9-15-54(16-10-29)37-20-33(47-26-48-37)41-31-19-39(60-44(2)11-12-44)46-21-34(31)50-51-41/h3-4,19-21,26-29,36H,5-18,22-25H2,1-2H3,(H,50,51)(H,49,57,58)/t27-,36?/m1/s1. The first-order valence-electron chi connectivity index (χ1n) is 21.9. The van der Waals surface area contributed by atoms with Gasteiger partial charge in [0.25, 0.3) is 5.91 Å². The average molecular weight is 820 g/mol. The summed E-state index contributed by atoms with van der Waals surface area (Å²) in [4.78, 5) is 62.2. The highest BCUT2D eigenvalue weighted by molar-refractivity contribution is 6.05. The Kier molecular flexibility index (Phi) is 10.2. The van der Waals surface area contributed by atoms with Gasteiger partial charge in [-0.3, -0.25) is 29.7 Å². The van der Waals surface area contributed by atoms with Crippen molar-refractivity contribution in [1.82, 2.24) is 45.2 Å². The zero-order chi connectivity index (χ0) is 41.1. The highest BCUT2D eigenvalue weighted by Crippen LogP contribution is 2.40. The average Bonchev–Trinajstić information content (AvgIpc) is 3.66. The molecule has 3 aromatic heterocycles. The number of H-pyrrole nitrogens is 1. The molecule has 0 spiro atoms. The second-order valence-electron chi connectivity index (χ2n) is 18.2. The number of anilines is 2. The van der Waals surface area contributed by atoms with Crippen LogP contribution < -0.4 is 19.9 Å². The molecule has 1 aromatic carbocycles. The van der Waals surface area contributed by atoms with Gasteiger partial charge in [0, 0.05) is 100 Å². The summed E-state index contributed by atoms with van der Waals surface area (Å²) in [7, 11) is 0. The molecule has 1 aliphatic carbocycles. The Morgan fingerprint density at radius 2 is 1.67 bits per heavy atom. The number of ether oxygens (including phenoxy) is 1. The van der Waals surface area contributed by atoms with Crippen LogP contribution in [0.15, 0.2) is 36.8 Å². The summed E-state index contributed by atoms with van der Waals surface area (Å²) in [5.74, 6) is 1.21. The lowest BCUT2D eigenvalue weighted by Crippen LogP contribution is -2.54. The second-order valence-corrected chi connectivity index (χ2v) is 18.2. The summed E-state index contributed by atoms with van der Waals surface area (Å²) in [5, 5.41) is 11.0. The van der Waals surface area contributed by atoms with Crippen LogP contribution in [0.25, 0.3) is 22.3 Å². The van der Waals surface area contributed by atoms with E-state index in [4.69, 9.17) is 4.74 Å². The molecular formula is C44H54FN11O4. The summed E-state index contributed by atoms with van der Waals surface area (Å²) in [6.45, 7) is 13.4. The minimum Gasteiger partial charge on any atom is -0.471 e. The lowest BCUT2D eigenvalue weighted by Gasteiger charge is -2.44. The van der Waals surface area contributed by atoms with Gasteiger partial charge in [0.2, 0.25) is 17.7 Å². The van der Waals surface area contributed by atoms with Crippen LogP contribution in [0.4, 0.5) is 15.9 Å². The number of hydrogen-bond acceptors (Lipinski definition) is 12. The van der Waals surface area contributed by atoms with E-state index in [2.05, 4.69) is 70.0 Å². The fourth-order valence-corrected chi connectivity index (χ4v) is 10.1. The Morgan fingerprint density at radius 3 is 2.42 bits per heavy atom. The van der Waals surface area contributed by atoms with E-state index in [0.29, 0.717) is 40.6 Å². The van der Waals surface area contributed by atoms with Crippen molar-refractivity contribution in [2.24, 2.45) is 11.8 Å². The number of aromatic nitrogens is 5. The molecule has 1 unspecified atom stereocenters. The number of nitrogens with one attached hydrogen (secondary N) is 2. The van der Waals surface area contributed by atoms with Crippen LogP contribution >= 0.6 is 0 Å². The molecule has 2 N–H and O–H groups in total. The predicted octanol–water partition coefficient (Wildman–Crippen LogP) is 4.39. The SMILES string of the molecule is C[C@@H]1CN(CC2CCN(c3ccc4c(c3F)CN(C3CCC(=O)NC3=O)C4=O)CC2)CCN1CC1CCN(c2cc(-c3n[nH]c4cnc(OC5(C)CC5)cc34)ncn2)CC1. The van der Waals surface area contributed by atoms with Crippen molar-refractivity contribution in [3.05, 3.63) is 53.7 Å². The number of piperazine rings is 1. The smallest absolute Gasteiger partial charge is 0.255 e. The molecule has 10 rings (SSSR count). The van der Waals surface area contributed by atoms with Gasteiger partial charge in [0.1, 0.15) is 29.5 Å². The van der Waals surface area contributed by atoms with Crippen molar-refractivity contribution in [3.63, 3.8) is 0 Å². The van der Waals surface area contributed by atoms with E-state index in [-0.39, 0.29) is 42.6 Å². The van der Waals surface area contributed by atoms with Gasteiger partial charge in [-0.15, -0.1) is 0 Å². The Hall–Kier alpha value is -5.22. The molecular weight excluding hydrogens is 766 g/mol. The first-order valence-corrected chi connectivity index (χ1v) is 21.9. The first kappa shape index (κ1) is 38.9. The van der Waals surface area contributed by atoms with Gasteiger partial charge in [-0.25, -0.2) is 19.3 Å². The monoisotopic (exact) mass is 819 g/mol. The fourth-order valence-electron chi connectivity index (χ4n) is 10.1. The van der Waals surface area contributed by atoms with E-state index in [1.807, 2.05) is 6.07 Å². The Morgan fingerprint density at radius 1 is 0.900 bits per heavy atom. The molecule has 4 aromatic rings. The summed E-state index contributed by atoms with van der Waals surface area (Å²) in [5.41, 5.74) is 3.50. The molecule has 0 bridgehead atoms. The van der Waals surface area contributed by atoms with Crippen LogP contribution in [0, 0.1) is 17.7 Å². The lowest BCUT2D eigenvalue weighted by atomic mass is 9.93. The van der Waals surface area contributed by atoms with Crippen LogP contribution in [-0.2, 0) is 16.1 Å². The highest BCUT2D eigenvalue weighted by Gasteiger charge is 2.42. The van der Waals surface area contributed by atoms with E-state index in [9.17, 15) is 14.4 Å². The van der Waals surface area contributed by atoms with Crippen LogP contribution in [0.1, 0.15) is 81.1 Å². The molecule has 15 nitrogen and oxygen atoms in total. The van der Waals surface area contributed by atoms with Crippen LogP contribution in [-0.4, -0.2) is 134 Å². The number of rotatable bonds is 10. The zero-order valence-electron chi connectivity index (χ0n) is 34.5. The van der Waals surface area contributed by atoms with Gasteiger partial charge >= 0.3 is 0 Å². The van der Waals surface area contributed by atoms with Gasteiger partial charge in [0.05, 0.1) is 29.6 Å². The van der Waals surface area contributed by atoms with E-state index in [1.165, 1.54) is 4.90 Å². The maximum absolute atomic E-state index is 16.0. The van der Waals surface area contributed by atoms with Crippen molar-refractivity contribution in [2.75, 3.05) is 68.7 Å². The number of carbonyl (C=O) groups excluding carboxylic acids is 3. The molecule has 2 atom stereocenters. The third-order valence-corrected chi connectivity index (χ3v) is 14.0. The third kappa shape index (κ3) is 7.68. The van der Waals surface area contributed by atoms with E-state index in [1.54, 1.807) is 24.7 Å². The number of carbonyl (C=O) groups is 3. The van der Waals surface area contributed by atoms with E-state index in [0.717, 1.165) is 126 Å².